The molecule has 3 N–H and O–H groups in total. The van der Waals surface area contributed by atoms with Gasteiger partial charge in [0.05, 0.1) is 18.2 Å². The van der Waals surface area contributed by atoms with Crippen molar-refractivity contribution in [3.05, 3.63) is 0 Å². The third-order valence-corrected chi connectivity index (χ3v) is 1.73. The summed E-state index contributed by atoms with van der Waals surface area (Å²) in [6.07, 6.45) is -0.649. The molecule has 15 heavy (non-hydrogen) atoms. The fraction of sp³-hybridized carbons (Fsp3) is 0.900. The van der Waals surface area contributed by atoms with Crippen LogP contribution in [-0.2, 0) is 4.74 Å². The Labute approximate surface area is 90.4 Å². The van der Waals surface area contributed by atoms with Gasteiger partial charge in [-0.05, 0) is 34.6 Å². The van der Waals surface area contributed by atoms with Crippen LogP contribution >= 0.6 is 0 Å². The average Bonchev–Trinajstić information content (AvgIpc) is 1.94. The number of rotatable bonds is 3. The van der Waals surface area contributed by atoms with Gasteiger partial charge in [-0.25, -0.2) is 4.79 Å². The highest BCUT2D eigenvalue weighted by atomic mass is 16.6. The number of carbonyl (C=O) groups excluding carboxylic acids is 1. The summed E-state index contributed by atoms with van der Waals surface area (Å²) >= 11 is 0. The van der Waals surface area contributed by atoms with Crippen LogP contribution in [0.15, 0.2) is 0 Å². The number of aliphatic hydroxyl groups excluding tert-OH is 1. The van der Waals surface area contributed by atoms with Crippen molar-refractivity contribution < 1.29 is 19.7 Å². The van der Waals surface area contributed by atoms with Gasteiger partial charge < -0.3 is 20.3 Å². The van der Waals surface area contributed by atoms with Crippen molar-refractivity contribution in [2.45, 2.75) is 51.9 Å². The smallest absolute Gasteiger partial charge is 0.408 e. The van der Waals surface area contributed by atoms with Crippen molar-refractivity contribution in [1.29, 1.82) is 0 Å². The second-order valence-corrected chi connectivity index (χ2v) is 5.04. The van der Waals surface area contributed by atoms with Gasteiger partial charge in [0, 0.05) is 0 Å². The van der Waals surface area contributed by atoms with Crippen LogP contribution in [-0.4, -0.2) is 40.2 Å². The lowest BCUT2D eigenvalue weighted by Crippen LogP contribution is -2.52. The zero-order valence-corrected chi connectivity index (χ0v) is 10.00. The molecule has 1 amide bonds. The van der Waals surface area contributed by atoms with E-state index in [0.717, 1.165) is 0 Å². The molecule has 0 bridgehead atoms. The van der Waals surface area contributed by atoms with Gasteiger partial charge in [0.15, 0.2) is 0 Å². The topological polar surface area (TPSA) is 78.8 Å². The lowest BCUT2D eigenvalue weighted by molar-refractivity contribution is 0.00129. The normalized spacial score (nSPS) is 14.6. The second-order valence-electron chi connectivity index (χ2n) is 5.04. The quantitative estimate of drug-likeness (QED) is 0.651. The number of nitrogens with one attached hydrogen (secondary N) is 1. The third kappa shape index (κ3) is 6.30. The molecule has 0 aliphatic carbocycles. The second kappa shape index (κ2) is 4.81. The third-order valence-electron chi connectivity index (χ3n) is 1.73. The molecule has 0 aromatic carbocycles. The first-order valence-corrected chi connectivity index (χ1v) is 4.89. The average molecular weight is 219 g/mol. The summed E-state index contributed by atoms with van der Waals surface area (Å²) in [5.74, 6) is 0. The van der Waals surface area contributed by atoms with E-state index < -0.39 is 23.3 Å². The van der Waals surface area contributed by atoms with E-state index >= 15 is 0 Å². The predicted octanol–water partition coefficient (Wildman–Crippen LogP) is 0.643. The van der Waals surface area contributed by atoms with Crippen molar-refractivity contribution >= 4 is 6.09 Å². The number of aliphatic hydroxyl groups is 2. The van der Waals surface area contributed by atoms with Crippen molar-refractivity contribution in [2.75, 3.05) is 6.61 Å². The van der Waals surface area contributed by atoms with Gasteiger partial charge in [-0.2, -0.15) is 0 Å². The van der Waals surface area contributed by atoms with E-state index in [4.69, 9.17) is 9.84 Å². The molecule has 0 radical (unpaired) electrons. The van der Waals surface area contributed by atoms with Crippen molar-refractivity contribution in [3.8, 4) is 0 Å². The van der Waals surface area contributed by atoms with E-state index in [9.17, 15) is 9.90 Å². The molecule has 0 aliphatic heterocycles. The van der Waals surface area contributed by atoms with Crippen LogP contribution < -0.4 is 5.32 Å². The van der Waals surface area contributed by atoms with Crippen LogP contribution in [0.1, 0.15) is 34.6 Å². The van der Waals surface area contributed by atoms with E-state index in [1.54, 1.807) is 20.8 Å². The number of amides is 1. The maximum atomic E-state index is 11.3. The minimum atomic E-state index is -1.19. The predicted molar refractivity (Wildman–Crippen MR) is 56.5 cm³/mol. The van der Waals surface area contributed by atoms with Gasteiger partial charge in [0.2, 0.25) is 0 Å². The molecule has 0 fully saturated rings. The summed E-state index contributed by atoms with van der Waals surface area (Å²) in [4.78, 5) is 11.3. The highest BCUT2D eigenvalue weighted by Crippen LogP contribution is 2.10. The molecule has 0 aromatic heterocycles. The summed E-state index contributed by atoms with van der Waals surface area (Å²) < 4.78 is 4.99. The molecule has 90 valence electrons. The molecule has 0 unspecified atom stereocenters. The van der Waals surface area contributed by atoms with Gasteiger partial charge in [-0.15, -0.1) is 0 Å². The van der Waals surface area contributed by atoms with Crippen LogP contribution in [0.2, 0.25) is 0 Å². The maximum absolute atomic E-state index is 11.3. The standard InChI is InChI=1S/C10H21NO4/c1-9(2,3)15-8(13)11-7(6-12)10(4,5)14/h7,12,14H,6H2,1-5H3,(H,11,13)/t7-/m1/s1. The minimum absolute atomic E-state index is 0.345. The van der Waals surface area contributed by atoms with Gasteiger partial charge in [-0.1, -0.05) is 0 Å². The largest absolute Gasteiger partial charge is 0.444 e. The highest BCUT2D eigenvalue weighted by molar-refractivity contribution is 5.68. The van der Waals surface area contributed by atoms with E-state index in [1.165, 1.54) is 13.8 Å². The summed E-state index contributed by atoms with van der Waals surface area (Å²) in [5.41, 5.74) is -1.78. The van der Waals surface area contributed by atoms with Crippen molar-refractivity contribution in [2.24, 2.45) is 0 Å². The van der Waals surface area contributed by atoms with Crippen molar-refractivity contribution in [1.82, 2.24) is 5.32 Å². The zero-order chi connectivity index (χ0) is 12.3. The van der Waals surface area contributed by atoms with E-state index in [-0.39, 0.29) is 6.61 Å². The van der Waals surface area contributed by atoms with E-state index in [2.05, 4.69) is 5.32 Å². The number of hydrogen-bond donors (Lipinski definition) is 3. The Balaban J connectivity index is 4.27. The molecule has 1 atom stereocenters. The Bertz CT molecular complexity index is 214. The molecular weight excluding hydrogens is 198 g/mol. The Morgan fingerprint density at radius 2 is 1.80 bits per heavy atom. The number of hydrogen-bond acceptors (Lipinski definition) is 4. The summed E-state index contributed by atoms with van der Waals surface area (Å²) in [6.45, 7) is 7.89. The number of carbonyl (C=O) groups is 1. The van der Waals surface area contributed by atoms with Gasteiger partial charge >= 0.3 is 6.09 Å². The van der Waals surface area contributed by atoms with Crippen molar-refractivity contribution in [3.63, 3.8) is 0 Å². The molecule has 0 saturated carbocycles. The first-order chi connectivity index (χ1) is 6.56. The van der Waals surface area contributed by atoms with E-state index in [0.29, 0.717) is 0 Å². The lowest BCUT2D eigenvalue weighted by Gasteiger charge is -2.29. The van der Waals surface area contributed by atoms with Crippen LogP contribution in [0.3, 0.4) is 0 Å². The summed E-state index contributed by atoms with van der Waals surface area (Å²) in [6, 6.07) is -0.743. The Morgan fingerprint density at radius 1 is 1.33 bits per heavy atom. The zero-order valence-electron chi connectivity index (χ0n) is 10.00. The fourth-order valence-corrected chi connectivity index (χ4v) is 0.895. The molecular formula is C10H21NO4. The SMILES string of the molecule is CC(C)(C)OC(=O)N[C@H](CO)C(C)(C)O. The minimum Gasteiger partial charge on any atom is -0.444 e. The molecule has 0 heterocycles. The van der Waals surface area contributed by atoms with Crippen LogP contribution in [0, 0.1) is 0 Å². The van der Waals surface area contributed by atoms with Gasteiger partial charge in [0.25, 0.3) is 0 Å². The molecule has 0 aliphatic rings. The van der Waals surface area contributed by atoms with Crippen LogP contribution in [0.4, 0.5) is 4.79 Å². The first-order valence-electron chi connectivity index (χ1n) is 4.89. The number of ether oxygens (including phenoxy) is 1. The lowest BCUT2D eigenvalue weighted by atomic mass is 10.0. The van der Waals surface area contributed by atoms with Crippen LogP contribution in [0.5, 0.6) is 0 Å². The monoisotopic (exact) mass is 219 g/mol. The van der Waals surface area contributed by atoms with E-state index in [1.807, 2.05) is 0 Å². The molecule has 0 aromatic rings. The molecule has 5 nitrogen and oxygen atoms in total. The Hall–Kier alpha value is -0.810. The maximum Gasteiger partial charge on any atom is 0.408 e. The van der Waals surface area contributed by atoms with Gasteiger partial charge in [0.1, 0.15) is 5.60 Å². The Morgan fingerprint density at radius 3 is 2.07 bits per heavy atom. The van der Waals surface area contributed by atoms with Gasteiger partial charge in [-0.3, -0.25) is 0 Å². The molecule has 0 rings (SSSR count). The Kier molecular flexibility index (Phi) is 4.55. The molecule has 5 heteroatoms. The number of alkyl carbamates (subject to hydrolysis) is 1. The molecule has 0 saturated heterocycles. The first kappa shape index (κ1) is 14.2. The summed E-state index contributed by atoms with van der Waals surface area (Å²) in [5, 5.41) is 21.0. The fourth-order valence-electron chi connectivity index (χ4n) is 0.895. The highest BCUT2D eigenvalue weighted by Gasteiger charge is 2.29. The summed E-state index contributed by atoms with van der Waals surface area (Å²) in [7, 11) is 0. The molecule has 0 spiro atoms. The van der Waals surface area contributed by atoms with Crippen LogP contribution in [0.25, 0.3) is 0 Å².